The highest BCUT2D eigenvalue weighted by Gasteiger charge is 2.50. The summed E-state index contributed by atoms with van der Waals surface area (Å²) in [6, 6.07) is 19.6. The smallest absolute Gasteiger partial charge is 0.325 e. The van der Waals surface area contributed by atoms with Crippen molar-refractivity contribution in [2.75, 3.05) is 23.3 Å². The van der Waals surface area contributed by atoms with Gasteiger partial charge in [0.15, 0.2) is 0 Å². The molecule has 8 heteroatoms. The van der Waals surface area contributed by atoms with Gasteiger partial charge in [-0.05, 0) is 53.9 Å². The molecule has 5 amide bonds. The molecule has 3 aromatic carbocycles. The molecule has 8 nitrogen and oxygen atoms in total. The molecule has 0 aromatic heterocycles. The predicted molar refractivity (Wildman–Crippen MR) is 128 cm³/mol. The van der Waals surface area contributed by atoms with Crippen LogP contribution in [0.1, 0.15) is 25.3 Å². The number of fused-ring (bicyclic) bond motifs is 1. The van der Waals surface area contributed by atoms with E-state index in [4.69, 9.17) is 0 Å². The summed E-state index contributed by atoms with van der Waals surface area (Å²) in [4.78, 5) is 53.2. The Morgan fingerprint density at radius 3 is 2.47 bits per heavy atom. The number of nitrogens with zero attached hydrogens (tertiary/aromatic N) is 2. The van der Waals surface area contributed by atoms with E-state index in [1.165, 1.54) is 0 Å². The Kier molecular flexibility index (Phi) is 5.28. The van der Waals surface area contributed by atoms with Crippen molar-refractivity contribution in [3.63, 3.8) is 0 Å². The first-order valence-electron chi connectivity index (χ1n) is 11.2. The Morgan fingerprint density at radius 1 is 1.00 bits per heavy atom. The van der Waals surface area contributed by atoms with Crippen molar-refractivity contribution < 1.29 is 19.2 Å². The molecule has 2 saturated heterocycles. The summed E-state index contributed by atoms with van der Waals surface area (Å²) in [5.41, 5.74) is 0.700. The van der Waals surface area contributed by atoms with Crippen molar-refractivity contribution >= 4 is 45.9 Å². The van der Waals surface area contributed by atoms with E-state index in [1.807, 2.05) is 42.5 Å². The van der Waals surface area contributed by atoms with Crippen molar-refractivity contribution in [3.8, 4) is 0 Å². The summed E-state index contributed by atoms with van der Waals surface area (Å²) in [5, 5.41) is 7.31. The van der Waals surface area contributed by atoms with Crippen LogP contribution in [0.3, 0.4) is 0 Å². The van der Waals surface area contributed by atoms with Crippen LogP contribution < -0.4 is 15.5 Å². The standard InChI is InChI=1S/C26H24N4O4/c1-26(21-9-4-7-17-6-2-3-8-20(17)21)24(33)30(25(34)28-26)16-22(31)27-18-11-13-19(14-12-18)29-15-5-10-23(29)32/h2-4,6-9,11-14H,5,10,15-16H2,1H3,(H,27,31)(H,28,34)/t26-/m0/s1. The average molecular weight is 457 g/mol. The summed E-state index contributed by atoms with van der Waals surface area (Å²) >= 11 is 0. The second kappa shape index (κ2) is 8.30. The topological polar surface area (TPSA) is 98.8 Å². The SMILES string of the molecule is C[C@@]1(c2cccc3ccccc23)NC(=O)N(CC(=O)Nc2ccc(N3CCCC3=O)cc2)C1=O. The van der Waals surface area contributed by atoms with Gasteiger partial charge in [0, 0.05) is 24.3 Å². The number of hydrogen-bond donors (Lipinski definition) is 2. The molecule has 0 radical (unpaired) electrons. The van der Waals surface area contributed by atoms with E-state index in [0.29, 0.717) is 24.2 Å². The molecule has 2 aliphatic heterocycles. The summed E-state index contributed by atoms with van der Waals surface area (Å²) < 4.78 is 0. The van der Waals surface area contributed by atoms with Gasteiger partial charge in [0.2, 0.25) is 11.8 Å². The number of benzene rings is 3. The van der Waals surface area contributed by atoms with E-state index in [1.54, 1.807) is 36.1 Å². The van der Waals surface area contributed by atoms with Crippen LogP contribution in [0.15, 0.2) is 66.7 Å². The van der Waals surface area contributed by atoms with Crippen LogP contribution in [-0.2, 0) is 19.9 Å². The molecule has 2 fully saturated rings. The second-order valence-electron chi connectivity index (χ2n) is 8.72. The Bertz CT molecular complexity index is 1310. The van der Waals surface area contributed by atoms with Crippen LogP contribution in [0.5, 0.6) is 0 Å². The maximum absolute atomic E-state index is 13.3. The highest BCUT2D eigenvalue weighted by molar-refractivity contribution is 6.11. The van der Waals surface area contributed by atoms with Crippen molar-refractivity contribution in [3.05, 3.63) is 72.3 Å². The van der Waals surface area contributed by atoms with Crippen LogP contribution in [0.4, 0.5) is 16.2 Å². The summed E-state index contributed by atoms with van der Waals surface area (Å²) in [5.74, 6) is -0.882. The number of rotatable bonds is 5. The Morgan fingerprint density at radius 2 is 1.74 bits per heavy atom. The number of carbonyl (C=O) groups excluding carboxylic acids is 4. The summed E-state index contributed by atoms with van der Waals surface area (Å²) in [6.07, 6.45) is 1.38. The molecule has 0 saturated carbocycles. The number of hydrogen-bond acceptors (Lipinski definition) is 4. The van der Waals surface area contributed by atoms with Gasteiger partial charge in [0.25, 0.3) is 5.91 Å². The average Bonchev–Trinajstić information content (AvgIpc) is 3.36. The molecule has 0 bridgehead atoms. The van der Waals surface area contributed by atoms with Gasteiger partial charge in [-0.25, -0.2) is 4.79 Å². The number of amides is 5. The minimum atomic E-state index is -1.28. The maximum atomic E-state index is 13.3. The number of carbonyl (C=O) groups is 4. The first-order chi connectivity index (χ1) is 16.4. The fourth-order valence-electron chi connectivity index (χ4n) is 4.67. The van der Waals surface area contributed by atoms with Crippen LogP contribution in [-0.4, -0.2) is 41.7 Å². The minimum absolute atomic E-state index is 0.0876. The zero-order valence-corrected chi connectivity index (χ0v) is 18.7. The number of imide groups is 1. The van der Waals surface area contributed by atoms with E-state index in [9.17, 15) is 19.2 Å². The lowest BCUT2D eigenvalue weighted by Crippen LogP contribution is -2.42. The maximum Gasteiger partial charge on any atom is 0.325 e. The number of nitrogens with one attached hydrogen (secondary N) is 2. The molecule has 2 heterocycles. The van der Waals surface area contributed by atoms with E-state index >= 15 is 0 Å². The lowest BCUT2D eigenvalue weighted by molar-refractivity contribution is -0.133. The highest BCUT2D eigenvalue weighted by atomic mass is 16.2. The largest absolute Gasteiger partial charge is 0.325 e. The van der Waals surface area contributed by atoms with Gasteiger partial charge in [-0.2, -0.15) is 0 Å². The Labute approximate surface area is 196 Å². The normalized spacial score (nSPS) is 20.2. The van der Waals surface area contributed by atoms with Crippen LogP contribution in [0.25, 0.3) is 10.8 Å². The molecule has 172 valence electrons. The van der Waals surface area contributed by atoms with Crippen LogP contribution >= 0.6 is 0 Å². The highest BCUT2D eigenvalue weighted by Crippen LogP contribution is 2.33. The predicted octanol–water partition coefficient (Wildman–Crippen LogP) is 3.37. The van der Waals surface area contributed by atoms with Crippen molar-refractivity contribution in [2.45, 2.75) is 25.3 Å². The number of anilines is 2. The molecule has 2 N–H and O–H groups in total. The van der Waals surface area contributed by atoms with Gasteiger partial charge in [0.05, 0.1) is 0 Å². The van der Waals surface area contributed by atoms with E-state index in [2.05, 4.69) is 10.6 Å². The van der Waals surface area contributed by atoms with Crippen LogP contribution in [0, 0.1) is 0 Å². The fourth-order valence-corrected chi connectivity index (χ4v) is 4.67. The molecule has 0 unspecified atom stereocenters. The lowest BCUT2D eigenvalue weighted by atomic mass is 9.88. The Hall–Kier alpha value is -4.20. The second-order valence-corrected chi connectivity index (χ2v) is 8.72. The van der Waals surface area contributed by atoms with Gasteiger partial charge in [-0.15, -0.1) is 0 Å². The quantitative estimate of drug-likeness (QED) is 0.575. The molecule has 0 aliphatic carbocycles. The molecular weight excluding hydrogens is 432 g/mol. The van der Waals surface area contributed by atoms with E-state index in [-0.39, 0.29) is 5.91 Å². The molecule has 0 spiro atoms. The van der Waals surface area contributed by atoms with Gasteiger partial charge < -0.3 is 15.5 Å². The third kappa shape index (κ3) is 3.67. The van der Waals surface area contributed by atoms with Crippen LogP contribution in [0.2, 0.25) is 0 Å². The van der Waals surface area contributed by atoms with Crippen molar-refractivity contribution in [1.82, 2.24) is 10.2 Å². The van der Waals surface area contributed by atoms with Crippen molar-refractivity contribution in [1.29, 1.82) is 0 Å². The zero-order chi connectivity index (χ0) is 23.9. The molecule has 5 rings (SSSR count). The third-order valence-corrected chi connectivity index (χ3v) is 6.44. The number of urea groups is 1. The van der Waals surface area contributed by atoms with Gasteiger partial charge in [-0.3, -0.25) is 19.3 Å². The Balaban J connectivity index is 1.30. The summed E-state index contributed by atoms with van der Waals surface area (Å²) in [7, 11) is 0. The minimum Gasteiger partial charge on any atom is -0.325 e. The molecular formula is C26H24N4O4. The molecule has 34 heavy (non-hydrogen) atoms. The lowest BCUT2D eigenvalue weighted by Gasteiger charge is -2.24. The first-order valence-corrected chi connectivity index (χ1v) is 11.2. The third-order valence-electron chi connectivity index (χ3n) is 6.44. The van der Waals surface area contributed by atoms with E-state index in [0.717, 1.165) is 27.8 Å². The molecule has 1 atom stereocenters. The van der Waals surface area contributed by atoms with Gasteiger partial charge >= 0.3 is 6.03 Å². The first kappa shape index (κ1) is 21.6. The van der Waals surface area contributed by atoms with Crippen molar-refractivity contribution in [2.24, 2.45) is 0 Å². The molecule has 2 aliphatic rings. The fraction of sp³-hybridized carbons (Fsp3) is 0.231. The molecule has 3 aromatic rings. The van der Waals surface area contributed by atoms with Gasteiger partial charge in [0.1, 0.15) is 12.1 Å². The van der Waals surface area contributed by atoms with E-state index < -0.39 is 29.9 Å². The summed E-state index contributed by atoms with van der Waals surface area (Å²) in [6.45, 7) is 1.94. The van der Waals surface area contributed by atoms with Gasteiger partial charge in [-0.1, -0.05) is 42.5 Å². The zero-order valence-electron chi connectivity index (χ0n) is 18.7. The monoisotopic (exact) mass is 456 g/mol.